The molecule has 0 bridgehead atoms. The Bertz CT molecular complexity index is 290. The number of nitro benzene ring substituents is 1. The minimum atomic E-state index is -0.499. The van der Waals surface area contributed by atoms with E-state index in [1.54, 1.807) is 6.07 Å². The van der Waals surface area contributed by atoms with Crippen molar-refractivity contribution in [2.24, 2.45) is 0 Å². The summed E-state index contributed by atoms with van der Waals surface area (Å²) < 4.78 is 4.73. The maximum atomic E-state index is 10.3. The van der Waals surface area contributed by atoms with Gasteiger partial charge in [0.15, 0.2) is 0 Å². The minimum absolute atomic E-state index is 0.0222. The Kier molecular flexibility index (Phi) is 2.88. The van der Waals surface area contributed by atoms with E-state index in [9.17, 15) is 10.1 Å². The monoisotopic (exact) mass is 186 g/mol. The van der Waals surface area contributed by atoms with Crippen LogP contribution in [-0.2, 0) is 0 Å². The highest BCUT2D eigenvalue weighted by molar-refractivity contribution is 6.22. The number of halogens is 1. The van der Waals surface area contributed by atoms with Gasteiger partial charge in [0.05, 0.1) is 11.0 Å². The van der Waals surface area contributed by atoms with Gasteiger partial charge in [0.2, 0.25) is 6.07 Å². The van der Waals surface area contributed by atoms with Gasteiger partial charge in [-0.3, -0.25) is 10.1 Å². The van der Waals surface area contributed by atoms with Crippen molar-refractivity contribution in [3.8, 4) is 5.75 Å². The number of hydrogen-bond donors (Lipinski definition) is 0. The molecule has 4 nitrogen and oxygen atoms in total. The Balaban J connectivity index is 2.88. The molecule has 0 aromatic heterocycles. The smallest absolute Gasteiger partial charge is 0.273 e. The van der Waals surface area contributed by atoms with Crippen molar-refractivity contribution >= 4 is 17.3 Å². The molecule has 1 aromatic rings. The van der Waals surface area contributed by atoms with Crippen molar-refractivity contribution in [2.45, 2.75) is 0 Å². The Morgan fingerprint density at radius 3 is 2.92 bits per heavy atom. The van der Waals surface area contributed by atoms with Gasteiger partial charge in [-0.15, -0.1) is 0 Å². The topological polar surface area (TPSA) is 52.4 Å². The Morgan fingerprint density at radius 1 is 1.58 bits per heavy atom. The number of hydrogen-bond acceptors (Lipinski definition) is 3. The first-order valence-electron chi connectivity index (χ1n) is 3.07. The fourth-order valence-electron chi connectivity index (χ4n) is 0.722. The fraction of sp³-hybridized carbons (Fsp3) is 0. The molecule has 0 aliphatic rings. The molecule has 0 aliphatic heterocycles. The summed E-state index contributed by atoms with van der Waals surface area (Å²) in [5.41, 5.74) is -0.0222. The van der Waals surface area contributed by atoms with Gasteiger partial charge in [0.25, 0.3) is 5.69 Å². The molecule has 12 heavy (non-hydrogen) atoms. The van der Waals surface area contributed by atoms with Gasteiger partial charge >= 0.3 is 0 Å². The van der Waals surface area contributed by atoms with Crippen LogP contribution in [0.15, 0.2) is 24.3 Å². The van der Waals surface area contributed by atoms with Crippen molar-refractivity contribution in [2.75, 3.05) is 0 Å². The van der Waals surface area contributed by atoms with E-state index in [1.807, 2.05) is 0 Å². The summed E-state index contributed by atoms with van der Waals surface area (Å²) in [6, 6.07) is 6.71. The van der Waals surface area contributed by atoms with E-state index < -0.39 is 4.92 Å². The van der Waals surface area contributed by atoms with E-state index in [0.717, 1.165) is 6.07 Å². The third-order valence-electron chi connectivity index (χ3n) is 1.21. The molecule has 0 heterocycles. The number of rotatable bonds is 3. The molecular weight excluding hydrogens is 182 g/mol. The second-order valence-electron chi connectivity index (χ2n) is 1.96. The van der Waals surface area contributed by atoms with Gasteiger partial charge in [-0.1, -0.05) is 17.7 Å². The van der Waals surface area contributed by atoms with Crippen LogP contribution in [0.25, 0.3) is 0 Å². The lowest BCUT2D eigenvalue weighted by molar-refractivity contribution is -0.384. The van der Waals surface area contributed by atoms with Gasteiger partial charge < -0.3 is 4.74 Å². The molecular formula is C7H5ClNO3. The molecule has 0 saturated carbocycles. The molecule has 1 radical (unpaired) electrons. The van der Waals surface area contributed by atoms with Gasteiger partial charge in [-0.25, -0.2) is 0 Å². The third-order valence-corrected chi connectivity index (χ3v) is 1.30. The third kappa shape index (κ3) is 2.10. The molecule has 0 saturated heterocycles. The zero-order valence-corrected chi connectivity index (χ0v) is 6.69. The highest BCUT2D eigenvalue weighted by Crippen LogP contribution is 2.19. The summed E-state index contributed by atoms with van der Waals surface area (Å²) in [6.45, 7) is 0. The number of ether oxygens (including phenoxy) is 1. The average Bonchev–Trinajstić information content (AvgIpc) is 2.05. The summed E-state index contributed by atoms with van der Waals surface area (Å²) in [7, 11) is 0. The first-order valence-corrected chi connectivity index (χ1v) is 3.50. The molecule has 5 heteroatoms. The van der Waals surface area contributed by atoms with E-state index in [1.165, 1.54) is 18.2 Å². The molecule has 1 rings (SSSR count). The number of nitrogens with zero attached hydrogens (tertiary/aromatic N) is 1. The number of benzene rings is 1. The first-order chi connectivity index (χ1) is 5.74. The van der Waals surface area contributed by atoms with Crippen LogP contribution in [0, 0.1) is 16.2 Å². The van der Waals surface area contributed by atoms with Gasteiger partial charge in [-0.05, 0) is 6.07 Å². The lowest BCUT2D eigenvalue weighted by atomic mass is 10.3. The summed E-state index contributed by atoms with van der Waals surface area (Å²) in [4.78, 5) is 9.77. The van der Waals surface area contributed by atoms with Crippen LogP contribution in [-0.4, -0.2) is 4.92 Å². The largest absolute Gasteiger partial charge is 0.469 e. The first kappa shape index (κ1) is 8.80. The molecule has 0 atom stereocenters. The second-order valence-corrected chi connectivity index (χ2v) is 2.14. The van der Waals surface area contributed by atoms with E-state index in [0.29, 0.717) is 5.75 Å². The molecule has 63 valence electrons. The quantitative estimate of drug-likeness (QED) is 0.538. The van der Waals surface area contributed by atoms with Gasteiger partial charge in [-0.2, -0.15) is 0 Å². The highest BCUT2D eigenvalue weighted by Gasteiger charge is 2.05. The van der Waals surface area contributed by atoms with E-state index in [-0.39, 0.29) is 5.69 Å². The molecule has 0 fully saturated rings. The SMILES string of the molecule is O=[N+]([O-])c1cccc(O[CH]Cl)c1. The normalized spacial score (nSPS) is 9.42. The van der Waals surface area contributed by atoms with E-state index in [4.69, 9.17) is 16.3 Å². The number of non-ortho nitro benzene ring substituents is 1. The predicted octanol–water partition coefficient (Wildman–Crippen LogP) is 2.33. The molecule has 0 amide bonds. The standard InChI is InChI=1S/C7H5ClNO3/c8-5-12-7-3-1-2-6(4-7)9(10)11/h1-5H. The van der Waals surface area contributed by atoms with Crippen LogP contribution in [0.1, 0.15) is 0 Å². The number of nitro groups is 1. The molecule has 0 spiro atoms. The predicted molar refractivity (Wildman–Crippen MR) is 43.9 cm³/mol. The van der Waals surface area contributed by atoms with Crippen LogP contribution in [0.4, 0.5) is 5.69 Å². The van der Waals surface area contributed by atoms with Crippen molar-refractivity contribution in [3.63, 3.8) is 0 Å². The highest BCUT2D eigenvalue weighted by atomic mass is 35.5. The molecule has 0 N–H and O–H groups in total. The zero-order chi connectivity index (χ0) is 8.97. The summed E-state index contributed by atoms with van der Waals surface area (Å²) in [6.07, 6.45) is 0. The molecule has 1 aromatic carbocycles. The zero-order valence-electron chi connectivity index (χ0n) is 5.94. The van der Waals surface area contributed by atoms with Crippen LogP contribution < -0.4 is 4.74 Å². The van der Waals surface area contributed by atoms with Crippen LogP contribution in [0.3, 0.4) is 0 Å². The molecule has 0 unspecified atom stereocenters. The minimum Gasteiger partial charge on any atom is -0.469 e. The van der Waals surface area contributed by atoms with Crippen LogP contribution in [0.5, 0.6) is 5.75 Å². The Labute approximate surface area is 73.9 Å². The van der Waals surface area contributed by atoms with E-state index >= 15 is 0 Å². The van der Waals surface area contributed by atoms with Crippen molar-refractivity contribution in [1.29, 1.82) is 0 Å². The van der Waals surface area contributed by atoms with Gasteiger partial charge in [0, 0.05) is 6.07 Å². The Morgan fingerprint density at radius 2 is 2.33 bits per heavy atom. The van der Waals surface area contributed by atoms with E-state index in [2.05, 4.69) is 0 Å². The van der Waals surface area contributed by atoms with Crippen molar-refractivity contribution in [3.05, 3.63) is 40.4 Å². The lowest BCUT2D eigenvalue weighted by Gasteiger charge is -1.98. The maximum Gasteiger partial charge on any atom is 0.273 e. The average molecular weight is 187 g/mol. The van der Waals surface area contributed by atoms with Crippen LogP contribution in [0.2, 0.25) is 0 Å². The summed E-state index contributed by atoms with van der Waals surface area (Å²) in [5, 5.41) is 10.3. The lowest BCUT2D eigenvalue weighted by Crippen LogP contribution is -1.89. The van der Waals surface area contributed by atoms with Crippen LogP contribution >= 0.6 is 11.6 Å². The maximum absolute atomic E-state index is 10.3. The van der Waals surface area contributed by atoms with Crippen molar-refractivity contribution in [1.82, 2.24) is 0 Å². The van der Waals surface area contributed by atoms with Crippen molar-refractivity contribution < 1.29 is 9.66 Å². The molecule has 0 aliphatic carbocycles. The second kappa shape index (κ2) is 3.92. The summed E-state index contributed by atoms with van der Waals surface area (Å²) >= 11 is 5.15. The summed E-state index contributed by atoms with van der Waals surface area (Å²) in [5.74, 6) is 0.346. The fourth-order valence-corrected chi connectivity index (χ4v) is 0.825. The van der Waals surface area contributed by atoms with Gasteiger partial charge in [0.1, 0.15) is 5.75 Å². The Hall–Kier alpha value is -1.29.